The molecule has 0 radical (unpaired) electrons. The van der Waals surface area contributed by atoms with E-state index in [1.165, 1.54) is 10.4 Å². The van der Waals surface area contributed by atoms with Gasteiger partial charge in [0.05, 0.1) is 17.1 Å². The number of hydrogen-bond donors (Lipinski definition) is 1. The Hall–Kier alpha value is -1.68. The highest BCUT2D eigenvalue weighted by atomic mass is 32.1. The zero-order chi connectivity index (χ0) is 13.7. The number of nitrogens with zero attached hydrogens (tertiary/aromatic N) is 1. The van der Waals surface area contributed by atoms with Crippen molar-refractivity contribution in [2.24, 2.45) is 0 Å². The molecule has 3 nitrogen and oxygen atoms in total. The molecule has 0 bridgehead atoms. The van der Waals surface area contributed by atoms with Crippen LogP contribution < -0.4 is 5.32 Å². The third-order valence-electron chi connectivity index (χ3n) is 2.92. The Morgan fingerprint density at radius 1 is 1.42 bits per heavy atom. The molecule has 4 heteroatoms. The monoisotopic (exact) mass is 274 g/mol. The van der Waals surface area contributed by atoms with Gasteiger partial charge in [-0.1, -0.05) is 19.4 Å². The van der Waals surface area contributed by atoms with Crippen LogP contribution in [0.15, 0.2) is 30.5 Å². The van der Waals surface area contributed by atoms with Gasteiger partial charge >= 0.3 is 0 Å². The molecule has 19 heavy (non-hydrogen) atoms. The molecule has 0 spiro atoms. The van der Waals surface area contributed by atoms with Crippen LogP contribution in [0.3, 0.4) is 0 Å². The standard InChI is InChI=1S/C15H18N2OS/c1-3-6-12-9-14(19-11(12)2)15(18)17-10-13-7-4-5-8-16-13/h4-5,7-9H,3,6,10H2,1-2H3,(H,17,18). The number of aromatic nitrogens is 1. The predicted octanol–water partition coefficient (Wildman–Crippen LogP) is 3.33. The maximum Gasteiger partial charge on any atom is 0.261 e. The van der Waals surface area contributed by atoms with Crippen LogP contribution in [0.4, 0.5) is 0 Å². The first kappa shape index (κ1) is 13.7. The molecular formula is C15H18N2OS. The second-order valence-corrected chi connectivity index (χ2v) is 5.70. The molecule has 0 aliphatic rings. The fourth-order valence-electron chi connectivity index (χ4n) is 1.91. The summed E-state index contributed by atoms with van der Waals surface area (Å²) < 4.78 is 0. The molecule has 0 unspecified atom stereocenters. The number of carbonyl (C=O) groups excluding carboxylic acids is 1. The van der Waals surface area contributed by atoms with Gasteiger partial charge in [-0.25, -0.2) is 0 Å². The minimum absolute atomic E-state index is 0.0129. The lowest BCUT2D eigenvalue weighted by molar-refractivity contribution is 0.0954. The van der Waals surface area contributed by atoms with Crippen molar-refractivity contribution in [3.63, 3.8) is 0 Å². The fraction of sp³-hybridized carbons (Fsp3) is 0.333. The van der Waals surface area contributed by atoms with Gasteiger partial charge in [-0.2, -0.15) is 0 Å². The Labute approximate surface area is 117 Å². The second kappa shape index (κ2) is 6.48. The van der Waals surface area contributed by atoms with Gasteiger partial charge in [0.25, 0.3) is 5.91 Å². The normalized spacial score (nSPS) is 10.4. The van der Waals surface area contributed by atoms with E-state index in [1.807, 2.05) is 24.3 Å². The highest BCUT2D eigenvalue weighted by Gasteiger charge is 2.11. The summed E-state index contributed by atoms with van der Waals surface area (Å²) in [6.45, 7) is 4.70. The van der Waals surface area contributed by atoms with Crippen molar-refractivity contribution < 1.29 is 4.79 Å². The smallest absolute Gasteiger partial charge is 0.261 e. The van der Waals surface area contributed by atoms with Crippen LogP contribution in [0.5, 0.6) is 0 Å². The van der Waals surface area contributed by atoms with Crippen molar-refractivity contribution in [2.45, 2.75) is 33.2 Å². The summed E-state index contributed by atoms with van der Waals surface area (Å²) >= 11 is 1.57. The van der Waals surface area contributed by atoms with Gasteiger partial charge in [0.2, 0.25) is 0 Å². The molecule has 0 aliphatic carbocycles. The Morgan fingerprint density at radius 3 is 2.95 bits per heavy atom. The minimum Gasteiger partial charge on any atom is -0.346 e. The summed E-state index contributed by atoms with van der Waals surface area (Å²) in [5.41, 5.74) is 2.16. The molecule has 2 aromatic rings. The topological polar surface area (TPSA) is 42.0 Å². The molecule has 0 saturated heterocycles. The van der Waals surface area contributed by atoms with Crippen LogP contribution in [0.25, 0.3) is 0 Å². The highest BCUT2D eigenvalue weighted by Crippen LogP contribution is 2.22. The molecule has 2 rings (SSSR count). The van der Waals surface area contributed by atoms with E-state index in [1.54, 1.807) is 17.5 Å². The van der Waals surface area contributed by atoms with Gasteiger partial charge in [0.15, 0.2) is 0 Å². The van der Waals surface area contributed by atoms with Gasteiger partial charge in [-0.3, -0.25) is 9.78 Å². The first-order chi connectivity index (χ1) is 9.20. The van der Waals surface area contributed by atoms with Crippen LogP contribution >= 0.6 is 11.3 Å². The number of amides is 1. The van der Waals surface area contributed by atoms with Gasteiger partial charge in [0.1, 0.15) is 0 Å². The van der Waals surface area contributed by atoms with Gasteiger partial charge in [-0.05, 0) is 37.1 Å². The van der Waals surface area contributed by atoms with E-state index >= 15 is 0 Å². The van der Waals surface area contributed by atoms with E-state index in [-0.39, 0.29) is 5.91 Å². The number of hydrogen-bond acceptors (Lipinski definition) is 3. The van der Waals surface area contributed by atoms with Crippen LogP contribution in [0.1, 0.15) is 39.2 Å². The molecule has 1 amide bonds. The zero-order valence-corrected chi connectivity index (χ0v) is 12.1. The maximum atomic E-state index is 12.1. The van der Waals surface area contributed by atoms with Gasteiger partial charge in [-0.15, -0.1) is 11.3 Å². The number of rotatable bonds is 5. The Balaban J connectivity index is 1.98. The first-order valence-corrected chi connectivity index (χ1v) is 7.29. The zero-order valence-electron chi connectivity index (χ0n) is 11.3. The van der Waals surface area contributed by atoms with Gasteiger partial charge < -0.3 is 5.32 Å². The summed E-state index contributed by atoms with van der Waals surface area (Å²) in [5.74, 6) is -0.0129. The summed E-state index contributed by atoms with van der Waals surface area (Å²) in [4.78, 5) is 18.3. The van der Waals surface area contributed by atoms with E-state index < -0.39 is 0 Å². The molecule has 100 valence electrons. The third-order valence-corrected chi connectivity index (χ3v) is 4.01. The van der Waals surface area contributed by atoms with Crippen molar-refractivity contribution in [1.82, 2.24) is 10.3 Å². The molecule has 1 N–H and O–H groups in total. The third kappa shape index (κ3) is 3.64. The Kier molecular flexibility index (Phi) is 4.68. The average molecular weight is 274 g/mol. The van der Waals surface area contributed by atoms with Crippen LogP contribution in [-0.2, 0) is 13.0 Å². The van der Waals surface area contributed by atoms with E-state index in [0.29, 0.717) is 6.54 Å². The molecule has 0 fully saturated rings. The van der Waals surface area contributed by atoms with E-state index in [4.69, 9.17) is 0 Å². The van der Waals surface area contributed by atoms with Crippen molar-refractivity contribution in [2.75, 3.05) is 0 Å². The van der Waals surface area contributed by atoms with Crippen LogP contribution in [0, 0.1) is 6.92 Å². The highest BCUT2D eigenvalue weighted by molar-refractivity contribution is 7.14. The summed E-state index contributed by atoms with van der Waals surface area (Å²) in [6, 6.07) is 7.70. The summed E-state index contributed by atoms with van der Waals surface area (Å²) in [6.07, 6.45) is 3.87. The molecule has 2 aromatic heterocycles. The average Bonchev–Trinajstić information content (AvgIpc) is 2.79. The Bertz CT molecular complexity index is 549. The van der Waals surface area contributed by atoms with E-state index in [2.05, 4.69) is 24.1 Å². The van der Waals surface area contributed by atoms with Crippen LogP contribution in [0.2, 0.25) is 0 Å². The molecule has 0 atom stereocenters. The fourth-order valence-corrected chi connectivity index (χ4v) is 2.90. The molecule has 0 saturated carbocycles. The second-order valence-electron chi connectivity index (χ2n) is 4.45. The minimum atomic E-state index is -0.0129. The van der Waals surface area contributed by atoms with E-state index in [0.717, 1.165) is 23.4 Å². The lowest BCUT2D eigenvalue weighted by Gasteiger charge is -2.02. The predicted molar refractivity (Wildman–Crippen MR) is 78.5 cm³/mol. The number of pyridine rings is 1. The van der Waals surface area contributed by atoms with E-state index in [9.17, 15) is 4.79 Å². The number of aryl methyl sites for hydroxylation is 2. The maximum absolute atomic E-state index is 12.1. The van der Waals surface area contributed by atoms with Crippen LogP contribution in [-0.4, -0.2) is 10.9 Å². The lowest BCUT2D eigenvalue weighted by Crippen LogP contribution is -2.22. The van der Waals surface area contributed by atoms with Crippen molar-refractivity contribution in [3.8, 4) is 0 Å². The first-order valence-electron chi connectivity index (χ1n) is 6.48. The summed E-state index contributed by atoms with van der Waals surface area (Å²) in [5, 5.41) is 2.91. The van der Waals surface area contributed by atoms with Crippen molar-refractivity contribution >= 4 is 17.2 Å². The van der Waals surface area contributed by atoms with Crippen molar-refractivity contribution in [3.05, 3.63) is 51.5 Å². The molecular weight excluding hydrogens is 256 g/mol. The molecule has 2 heterocycles. The lowest BCUT2D eigenvalue weighted by atomic mass is 10.1. The van der Waals surface area contributed by atoms with Crippen molar-refractivity contribution in [1.29, 1.82) is 0 Å². The molecule has 0 aromatic carbocycles. The number of thiophene rings is 1. The molecule has 0 aliphatic heterocycles. The quantitative estimate of drug-likeness (QED) is 0.908. The summed E-state index contributed by atoms with van der Waals surface area (Å²) in [7, 11) is 0. The largest absolute Gasteiger partial charge is 0.346 e. The Morgan fingerprint density at radius 2 is 2.26 bits per heavy atom. The van der Waals surface area contributed by atoms with Gasteiger partial charge in [0, 0.05) is 11.1 Å². The SMILES string of the molecule is CCCc1cc(C(=O)NCc2ccccn2)sc1C. The number of carbonyl (C=O) groups is 1. The number of nitrogens with one attached hydrogen (secondary N) is 1.